The van der Waals surface area contributed by atoms with Gasteiger partial charge in [-0.1, -0.05) is 30.3 Å². The van der Waals surface area contributed by atoms with Crippen molar-refractivity contribution in [2.24, 2.45) is 0 Å². The number of carbonyl (C=O) groups is 1. The van der Waals surface area contributed by atoms with Crippen LogP contribution in [0.3, 0.4) is 0 Å². The van der Waals surface area contributed by atoms with E-state index >= 15 is 0 Å². The highest BCUT2D eigenvalue weighted by atomic mass is 32.2. The number of carbonyl (C=O) groups excluding carboxylic acids is 1. The van der Waals surface area contributed by atoms with Crippen LogP contribution >= 0.6 is 0 Å². The molecule has 18 heavy (non-hydrogen) atoms. The maximum Gasteiger partial charge on any atom is 0.408 e. The molecule has 0 unspecified atom stereocenters. The molecule has 1 fully saturated rings. The number of ether oxygens (including phenoxy) is 1. The van der Waals surface area contributed by atoms with Crippen LogP contribution in [-0.2, 0) is 19.0 Å². The van der Waals surface area contributed by atoms with Gasteiger partial charge in [0.25, 0.3) is 10.1 Å². The Labute approximate surface area is 105 Å². The maximum atomic E-state index is 11.2. The van der Waals surface area contributed by atoms with Crippen LogP contribution in [0.4, 0.5) is 4.79 Å². The van der Waals surface area contributed by atoms with Gasteiger partial charge in [0.15, 0.2) is 6.10 Å². The highest BCUT2D eigenvalue weighted by Crippen LogP contribution is 2.26. The summed E-state index contributed by atoms with van der Waals surface area (Å²) in [7, 11) is -3.54. The van der Waals surface area contributed by atoms with Crippen molar-refractivity contribution in [1.29, 1.82) is 0 Å². The molecule has 7 heteroatoms. The molecule has 1 aromatic rings. The molecule has 0 bridgehead atoms. The van der Waals surface area contributed by atoms with Crippen LogP contribution in [0.25, 0.3) is 0 Å². The molecular weight excluding hydrogens is 258 g/mol. The van der Waals surface area contributed by atoms with Crippen molar-refractivity contribution in [3.05, 3.63) is 35.9 Å². The number of benzene rings is 1. The summed E-state index contributed by atoms with van der Waals surface area (Å²) >= 11 is 0. The van der Waals surface area contributed by atoms with E-state index in [0.29, 0.717) is 0 Å². The topological polar surface area (TPSA) is 81.7 Å². The lowest BCUT2D eigenvalue weighted by Gasteiger charge is -2.16. The summed E-state index contributed by atoms with van der Waals surface area (Å²) in [5.41, 5.74) is 0.790. The first-order valence-corrected chi connectivity index (χ1v) is 7.14. The van der Waals surface area contributed by atoms with Crippen LogP contribution in [0.1, 0.15) is 11.7 Å². The Morgan fingerprint density at radius 1 is 1.33 bits per heavy atom. The first kappa shape index (κ1) is 12.8. The van der Waals surface area contributed by atoms with Crippen LogP contribution in [0.2, 0.25) is 0 Å². The van der Waals surface area contributed by atoms with E-state index in [4.69, 9.17) is 8.92 Å². The molecule has 1 N–H and O–H groups in total. The molecule has 1 aliphatic heterocycles. The molecule has 0 saturated carbocycles. The lowest BCUT2D eigenvalue weighted by Crippen LogP contribution is -2.33. The van der Waals surface area contributed by atoms with E-state index in [1.165, 1.54) is 0 Å². The lowest BCUT2D eigenvalue weighted by atomic mass is 10.0. The van der Waals surface area contributed by atoms with Crippen molar-refractivity contribution in [3.8, 4) is 0 Å². The van der Waals surface area contributed by atoms with Crippen LogP contribution in [0, 0.1) is 0 Å². The van der Waals surface area contributed by atoms with Gasteiger partial charge in [0, 0.05) is 0 Å². The summed E-state index contributed by atoms with van der Waals surface area (Å²) in [6.45, 7) is -0.149. The second-order valence-electron chi connectivity index (χ2n) is 3.98. The molecule has 1 aromatic carbocycles. The van der Waals surface area contributed by atoms with Crippen molar-refractivity contribution in [3.63, 3.8) is 0 Å². The molecule has 0 aliphatic carbocycles. The Morgan fingerprint density at radius 3 is 2.61 bits per heavy atom. The van der Waals surface area contributed by atoms with Crippen molar-refractivity contribution < 1.29 is 22.1 Å². The van der Waals surface area contributed by atoms with E-state index in [1.54, 1.807) is 12.1 Å². The molecule has 1 aliphatic rings. The van der Waals surface area contributed by atoms with Crippen LogP contribution < -0.4 is 5.32 Å². The zero-order valence-corrected chi connectivity index (χ0v) is 10.5. The quantitative estimate of drug-likeness (QED) is 0.820. The molecule has 98 valence electrons. The number of nitrogens with one attached hydrogen (secondary N) is 1. The highest BCUT2D eigenvalue weighted by Gasteiger charge is 2.35. The minimum atomic E-state index is -3.54. The Balaban J connectivity index is 2.11. The number of hydrogen-bond donors (Lipinski definition) is 1. The summed E-state index contributed by atoms with van der Waals surface area (Å²) in [4.78, 5) is 11.2. The van der Waals surface area contributed by atoms with Crippen molar-refractivity contribution in [1.82, 2.24) is 5.32 Å². The molecule has 0 aromatic heterocycles. The maximum absolute atomic E-state index is 11.2. The number of alkyl carbamates (subject to hydrolysis) is 1. The third-order valence-electron chi connectivity index (χ3n) is 2.49. The van der Waals surface area contributed by atoms with E-state index < -0.39 is 28.4 Å². The van der Waals surface area contributed by atoms with Gasteiger partial charge in [0.2, 0.25) is 0 Å². The Bertz CT molecular complexity index is 528. The summed E-state index contributed by atoms with van der Waals surface area (Å²) in [5.74, 6) is 0. The smallest absolute Gasteiger partial charge is 0.408 e. The minimum Gasteiger partial charge on any atom is -0.439 e. The molecule has 2 atom stereocenters. The van der Waals surface area contributed by atoms with Gasteiger partial charge in [-0.15, -0.1) is 0 Å². The van der Waals surface area contributed by atoms with Crippen molar-refractivity contribution >= 4 is 16.2 Å². The summed E-state index contributed by atoms with van der Waals surface area (Å²) < 4.78 is 31.7. The fourth-order valence-corrected chi connectivity index (χ4v) is 2.12. The molecule has 1 amide bonds. The minimum absolute atomic E-state index is 0.149. The second kappa shape index (κ2) is 4.95. The average Bonchev–Trinajstić information content (AvgIpc) is 2.68. The van der Waals surface area contributed by atoms with Gasteiger partial charge in [0.1, 0.15) is 0 Å². The first-order chi connectivity index (χ1) is 8.46. The van der Waals surface area contributed by atoms with Gasteiger partial charge < -0.3 is 10.1 Å². The van der Waals surface area contributed by atoms with E-state index in [-0.39, 0.29) is 6.61 Å². The number of cyclic esters (lactones) is 1. The Kier molecular flexibility index (Phi) is 3.53. The van der Waals surface area contributed by atoms with Gasteiger partial charge in [0.05, 0.1) is 18.9 Å². The zero-order chi connectivity index (χ0) is 13.2. The van der Waals surface area contributed by atoms with Gasteiger partial charge >= 0.3 is 6.09 Å². The average molecular weight is 271 g/mol. The SMILES string of the molecule is CS(=O)(=O)OC[C@@H]1NC(=O)O[C@@H]1c1ccccc1. The first-order valence-electron chi connectivity index (χ1n) is 5.32. The van der Waals surface area contributed by atoms with E-state index in [2.05, 4.69) is 5.32 Å². The van der Waals surface area contributed by atoms with E-state index in [9.17, 15) is 13.2 Å². The molecule has 1 saturated heterocycles. The van der Waals surface area contributed by atoms with E-state index in [0.717, 1.165) is 11.8 Å². The largest absolute Gasteiger partial charge is 0.439 e. The normalized spacial score (nSPS) is 23.5. The third-order valence-corrected chi connectivity index (χ3v) is 3.06. The van der Waals surface area contributed by atoms with Crippen molar-refractivity contribution in [2.75, 3.05) is 12.9 Å². The standard InChI is InChI=1S/C11H13NO5S/c1-18(14,15)16-7-9-10(17-11(13)12-9)8-5-3-2-4-6-8/h2-6,9-10H,7H2,1H3,(H,12,13)/t9-,10+/m0/s1. The van der Waals surface area contributed by atoms with Gasteiger partial charge in [-0.2, -0.15) is 8.42 Å². The van der Waals surface area contributed by atoms with Crippen molar-refractivity contribution in [2.45, 2.75) is 12.1 Å². The van der Waals surface area contributed by atoms with Crippen LogP contribution in [-0.4, -0.2) is 33.4 Å². The highest BCUT2D eigenvalue weighted by molar-refractivity contribution is 7.85. The fourth-order valence-electron chi connectivity index (χ4n) is 1.73. The molecule has 1 heterocycles. The predicted octanol–water partition coefficient (Wildman–Crippen LogP) is 0.812. The predicted molar refractivity (Wildman–Crippen MR) is 63.4 cm³/mol. The number of hydrogen-bond acceptors (Lipinski definition) is 5. The fraction of sp³-hybridized carbons (Fsp3) is 0.364. The molecule has 0 radical (unpaired) electrons. The zero-order valence-electron chi connectivity index (χ0n) is 9.70. The summed E-state index contributed by atoms with van der Waals surface area (Å²) in [6, 6.07) is 8.56. The number of rotatable bonds is 4. The van der Waals surface area contributed by atoms with Crippen LogP contribution in [0.5, 0.6) is 0 Å². The number of amides is 1. The summed E-state index contributed by atoms with van der Waals surface area (Å²) in [6.07, 6.45) is -0.159. The second-order valence-corrected chi connectivity index (χ2v) is 5.62. The molecule has 0 spiro atoms. The monoisotopic (exact) mass is 271 g/mol. The van der Waals surface area contributed by atoms with Gasteiger partial charge in [-0.25, -0.2) is 4.79 Å². The molecule has 2 rings (SSSR count). The van der Waals surface area contributed by atoms with Gasteiger partial charge in [-0.05, 0) is 5.56 Å². The third kappa shape index (κ3) is 3.21. The van der Waals surface area contributed by atoms with Crippen LogP contribution in [0.15, 0.2) is 30.3 Å². The lowest BCUT2D eigenvalue weighted by molar-refractivity contribution is 0.123. The molecule has 6 nitrogen and oxygen atoms in total. The Hall–Kier alpha value is -1.60. The Morgan fingerprint density at radius 2 is 2.00 bits per heavy atom. The summed E-state index contributed by atoms with van der Waals surface area (Å²) in [5, 5.41) is 2.52. The van der Waals surface area contributed by atoms with Gasteiger partial charge in [-0.3, -0.25) is 4.18 Å². The van der Waals surface area contributed by atoms with E-state index in [1.807, 2.05) is 18.2 Å². The molecular formula is C11H13NO5S.